The number of likely N-dealkylation sites (N-methyl/N-ethyl adjacent to an activating group) is 1. The van der Waals surface area contributed by atoms with Gasteiger partial charge in [-0.25, -0.2) is 13.6 Å². The summed E-state index contributed by atoms with van der Waals surface area (Å²) in [4.78, 5) is 25.5. The first kappa shape index (κ1) is 20.9. The smallest absolute Gasteiger partial charge is 0.449 e. The molecule has 7 nitrogen and oxygen atoms in total. The number of aromatic nitrogens is 1. The Morgan fingerprint density at radius 3 is 2.69 bits per heavy atom. The summed E-state index contributed by atoms with van der Waals surface area (Å²) < 4.78 is 37.3. The maximum Gasteiger partial charge on any atom is 0.511 e. The Kier molecular flexibility index (Phi) is 4.96. The molecule has 2 aromatic rings. The summed E-state index contributed by atoms with van der Waals surface area (Å²) in [5.41, 5.74) is 0.301. The fourth-order valence-corrected chi connectivity index (χ4v) is 5.41. The van der Waals surface area contributed by atoms with Crippen molar-refractivity contribution in [2.75, 3.05) is 25.0 Å². The number of pyridine rings is 1. The summed E-state index contributed by atoms with van der Waals surface area (Å²) >= 11 is 0. The van der Waals surface area contributed by atoms with Gasteiger partial charge in [-0.05, 0) is 45.2 Å². The second kappa shape index (κ2) is 7.58. The minimum Gasteiger partial charge on any atom is -0.449 e. The van der Waals surface area contributed by atoms with E-state index in [1.807, 2.05) is 7.05 Å². The maximum atomic E-state index is 15.9. The molecule has 170 valence electrons. The number of carbonyl (C=O) groups is 1. The number of hydrogen-bond acceptors (Lipinski definition) is 5. The van der Waals surface area contributed by atoms with Crippen molar-refractivity contribution in [3.05, 3.63) is 45.8 Å². The molecule has 3 atom stereocenters. The van der Waals surface area contributed by atoms with E-state index >= 15 is 8.78 Å². The molecule has 5 rings (SSSR count). The molecular weight excluding hydrogens is 420 g/mol. The van der Waals surface area contributed by atoms with Crippen molar-refractivity contribution in [2.45, 2.75) is 38.3 Å². The molecule has 2 heterocycles. The number of ether oxygens (including phenoxy) is 1. The zero-order chi connectivity index (χ0) is 22.7. The van der Waals surface area contributed by atoms with Crippen molar-refractivity contribution in [3.63, 3.8) is 0 Å². The van der Waals surface area contributed by atoms with E-state index < -0.39 is 29.0 Å². The molecule has 0 amide bonds. The van der Waals surface area contributed by atoms with Gasteiger partial charge in [0.2, 0.25) is 5.43 Å². The van der Waals surface area contributed by atoms with Crippen LogP contribution in [-0.4, -0.2) is 42.0 Å². The van der Waals surface area contributed by atoms with E-state index in [1.165, 1.54) is 16.3 Å². The van der Waals surface area contributed by atoms with Crippen LogP contribution < -0.4 is 20.4 Å². The van der Waals surface area contributed by atoms with Crippen LogP contribution in [0.3, 0.4) is 0 Å². The van der Waals surface area contributed by atoms with E-state index in [4.69, 9.17) is 5.11 Å². The van der Waals surface area contributed by atoms with Crippen LogP contribution in [0.15, 0.2) is 28.7 Å². The minimum absolute atomic E-state index is 0.000910. The summed E-state index contributed by atoms with van der Waals surface area (Å²) in [6.07, 6.45) is 4.18. The quantitative estimate of drug-likeness (QED) is 0.552. The number of hydrogen-bond donors (Lipinski definition) is 2. The number of anilines is 1. The lowest BCUT2D eigenvalue weighted by atomic mass is 9.79. The van der Waals surface area contributed by atoms with Gasteiger partial charge in [-0.1, -0.05) is 11.6 Å². The molecule has 1 aliphatic heterocycles. The third-order valence-electron chi connectivity index (χ3n) is 6.94. The van der Waals surface area contributed by atoms with E-state index in [-0.39, 0.29) is 40.5 Å². The topological polar surface area (TPSA) is 83.8 Å². The van der Waals surface area contributed by atoms with Gasteiger partial charge >= 0.3 is 6.16 Å². The zero-order valence-corrected chi connectivity index (χ0v) is 17.9. The summed E-state index contributed by atoms with van der Waals surface area (Å²) in [6.45, 7) is 3.11. The number of halogens is 2. The van der Waals surface area contributed by atoms with Gasteiger partial charge < -0.3 is 24.6 Å². The number of benzene rings is 1. The molecule has 1 aromatic carbocycles. The molecule has 0 radical (unpaired) electrons. The summed E-state index contributed by atoms with van der Waals surface area (Å²) in [6, 6.07) is 1.08. The molecule has 0 spiro atoms. The third-order valence-corrected chi connectivity index (χ3v) is 6.94. The number of fused-ring (bicyclic) bond motifs is 2. The Morgan fingerprint density at radius 2 is 2.03 bits per heavy atom. The lowest BCUT2D eigenvalue weighted by Crippen LogP contribution is -2.39. The summed E-state index contributed by atoms with van der Waals surface area (Å²) in [5, 5.41) is 12.0. The summed E-state index contributed by atoms with van der Waals surface area (Å²) in [5.74, 6) is -1.55. The number of carboxylic acid groups (broad SMARTS) is 1. The highest BCUT2D eigenvalue weighted by Gasteiger charge is 2.41. The number of allylic oxidation sites excluding steroid dienone is 1. The van der Waals surface area contributed by atoms with Crippen molar-refractivity contribution in [2.24, 2.45) is 11.8 Å². The van der Waals surface area contributed by atoms with Gasteiger partial charge in [0.05, 0.1) is 17.1 Å². The first-order valence-corrected chi connectivity index (χ1v) is 10.9. The first-order chi connectivity index (χ1) is 15.3. The Balaban J connectivity index is 1.62. The van der Waals surface area contributed by atoms with Gasteiger partial charge in [0, 0.05) is 31.1 Å². The molecule has 2 N–H and O–H groups in total. The van der Waals surface area contributed by atoms with E-state index in [2.05, 4.69) is 23.1 Å². The number of nitrogens with zero attached hydrogens (tertiary/aromatic N) is 2. The van der Waals surface area contributed by atoms with Crippen molar-refractivity contribution < 1.29 is 23.4 Å². The van der Waals surface area contributed by atoms with Crippen LogP contribution in [0.25, 0.3) is 10.9 Å². The molecule has 3 aliphatic rings. The summed E-state index contributed by atoms with van der Waals surface area (Å²) in [7, 11) is 1.89. The van der Waals surface area contributed by atoms with Crippen molar-refractivity contribution in [1.29, 1.82) is 0 Å². The first-order valence-electron chi connectivity index (χ1n) is 10.9. The molecule has 0 bridgehead atoms. The Bertz CT molecular complexity index is 1200. The largest absolute Gasteiger partial charge is 0.511 e. The van der Waals surface area contributed by atoms with Crippen molar-refractivity contribution in [3.8, 4) is 5.75 Å². The van der Waals surface area contributed by atoms with Crippen LogP contribution in [0.5, 0.6) is 5.75 Å². The van der Waals surface area contributed by atoms with E-state index in [1.54, 1.807) is 4.90 Å². The molecule has 1 saturated heterocycles. The molecule has 3 unspecified atom stereocenters. The van der Waals surface area contributed by atoms with Gasteiger partial charge in [-0.2, -0.15) is 0 Å². The van der Waals surface area contributed by atoms with Crippen LogP contribution >= 0.6 is 0 Å². The van der Waals surface area contributed by atoms with Gasteiger partial charge in [0.25, 0.3) is 0 Å². The van der Waals surface area contributed by atoms with Crippen LogP contribution in [0, 0.1) is 23.5 Å². The highest BCUT2D eigenvalue weighted by molar-refractivity contribution is 5.86. The number of rotatable bonds is 4. The van der Waals surface area contributed by atoms with Crippen LogP contribution in [0.4, 0.5) is 19.3 Å². The molecule has 9 heteroatoms. The van der Waals surface area contributed by atoms with Crippen molar-refractivity contribution in [1.82, 2.24) is 9.88 Å². The molecule has 2 aliphatic carbocycles. The normalized spacial score (nSPS) is 25.1. The Labute approximate surface area is 183 Å². The van der Waals surface area contributed by atoms with E-state index in [9.17, 15) is 9.59 Å². The third kappa shape index (κ3) is 3.35. The predicted molar refractivity (Wildman–Crippen MR) is 115 cm³/mol. The highest BCUT2D eigenvalue weighted by atomic mass is 19.1. The SMILES string of the molecule is CNC1C=C(C)CC2CN(c3c(F)cc4c(=O)c(OC(=O)O)cn(C5CC5)c4c3F)CC21. The van der Waals surface area contributed by atoms with Crippen LogP contribution in [0.2, 0.25) is 0 Å². The average molecular weight is 445 g/mol. The van der Waals surface area contributed by atoms with Crippen LogP contribution in [-0.2, 0) is 0 Å². The van der Waals surface area contributed by atoms with E-state index in [0.717, 1.165) is 25.3 Å². The molecular formula is C23H25F2N3O4. The molecule has 32 heavy (non-hydrogen) atoms. The van der Waals surface area contributed by atoms with E-state index in [0.29, 0.717) is 13.1 Å². The minimum atomic E-state index is -1.65. The Hall–Kier alpha value is -2.94. The van der Waals surface area contributed by atoms with Gasteiger partial charge in [0.15, 0.2) is 11.6 Å². The monoisotopic (exact) mass is 445 g/mol. The predicted octanol–water partition coefficient (Wildman–Crippen LogP) is 3.66. The standard InChI is InChI=1S/C23H25F2N3O4/c1-11-5-12-8-27(9-15(12)17(6-11)26-2)21-16(24)7-14-20(19(21)25)28(13-3-4-13)10-18(22(14)29)32-23(30)31/h6-7,10,12-13,15,17,26H,3-5,8-9H2,1-2H3,(H,30,31). The molecule has 2 fully saturated rings. The fourth-order valence-electron chi connectivity index (χ4n) is 5.41. The fraction of sp³-hybridized carbons (Fsp3) is 0.478. The van der Waals surface area contributed by atoms with Crippen molar-refractivity contribution >= 4 is 22.7 Å². The Morgan fingerprint density at radius 1 is 1.28 bits per heavy atom. The average Bonchev–Trinajstić information content (AvgIpc) is 3.49. The van der Waals surface area contributed by atoms with Gasteiger partial charge in [0.1, 0.15) is 11.5 Å². The maximum absolute atomic E-state index is 15.9. The lowest BCUT2D eigenvalue weighted by molar-refractivity contribution is 0.143. The second-order valence-electron chi connectivity index (χ2n) is 9.11. The van der Waals surface area contributed by atoms with Crippen LogP contribution in [0.1, 0.15) is 32.2 Å². The van der Waals surface area contributed by atoms with Gasteiger partial charge in [-0.3, -0.25) is 4.79 Å². The molecule has 1 aromatic heterocycles. The lowest BCUT2D eigenvalue weighted by Gasteiger charge is -2.30. The molecule has 1 saturated carbocycles. The number of nitrogens with one attached hydrogen (secondary N) is 1. The second-order valence-corrected chi connectivity index (χ2v) is 9.11. The zero-order valence-electron chi connectivity index (χ0n) is 17.9. The highest BCUT2D eigenvalue weighted by Crippen LogP contribution is 2.43. The van der Waals surface area contributed by atoms with Gasteiger partial charge in [-0.15, -0.1) is 0 Å².